The number of rotatable bonds is 5. The van der Waals surface area contributed by atoms with Crippen molar-refractivity contribution in [2.24, 2.45) is 0 Å². The van der Waals surface area contributed by atoms with E-state index in [1.807, 2.05) is 24.3 Å². The summed E-state index contributed by atoms with van der Waals surface area (Å²) in [4.78, 5) is 40.5. The fraction of sp³-hybridized carbons (Fsp3) is 0.400. The molecule has 192 valence electrons. The summed E-state index contributed by atoms with van der Waals surface area (Å²) in [6.45, 7) is 3.58. The number of amides is 4. The van der Waals surface area contributed by atoms with E-state index < -0.39 is 23.8 Å². The molecule has 2 aromatic carbocycles. The van der Waals surface area contributed by atoms with Crippen molar-refractivity contribution < 1.29 is 27.6 Å². The Kier molecular flexibility index (Phi) is 7.37. The monoisotopic (exact) mass is 503 g/mol. The summed E-state index contributed by atoms with van der Waals surface area (Å²) in [5.74, 6) is -0.291. The third-order valence-electron chi connectivity index (χ3n) is 6.34. The molecule has 11 heteroatoms. The van der Waals surface area contributed by atoms with E-state index in [1.165, 1.54) is 6.92 Å². The third-order valence-corrected chi connectivity index (χ3v) is 6.34. The van der Waals surface area contributed by atoms with Crippen LogP contribution < -0.4 is 25.8 Å². The molecule has 0 unspecified atom stereocenters. The van der Waals surface area contributed by atoms with Crippen molar-refractivity contribution in [2.75, 3.05) is 34.8 Å². The number of urea groups is 1. The Hall–Kier alpha value is -3.76. The van der Waals surface area contributed by atoms with Gasteiger partial charge in [-0.2, -0.15) is 13.2 Å². The van der Waals surface area contributed by atoms with E-state index in [2.05, 4.69) is 20.9 Å². The molecule has 0 aliphatic carbocycles. The SMILES string of the molecule is CC(=O)N[C@H]1CCN(c2ccc(N3CCC[C@@H](NC(=O)Nc4ccc(C(F)(F)F)cc4)C3=O)cc2)C1. The molecule has 4 amide bonds. The maximum Gasteiger partial charge on any atom is 0.416 e. The molecule has 0 radical (unpaired) electrons. The van der Waals surface area contributed by atoms with Crippen molar-refractivity contribution in [3.63, 3.8) is 0 Å². The molecule has 0 aromatic heterocycles. The predicted octanol–water partition coefficient (Wildman–Crippen LogP) is 3.74. The third kappa shape index (κ3) is 6.07. The van der Waals surface area contributed by atoms with Crippen LogP contribution in [0.2, 0.25) is 0 Å². The van der Waals surface area contributed by atoms with Crippen LogP contribution in [-0.4, -0.2) is 49.6 Å². The molecule has 3 N–H and O–H groups in total. The maximum absolute atomic E-state index is 13.1. The van der Waals surface area contributed by atoms with Gasteiger partial charge in [0.2, 0.25) is 11.8 Å². The van der Waals surface area contributed by atoms with Crippen molar-refractivity contribution >= 4 is 34.9 Å². The van der Waals surface area contributed by atoms with Gasteiger partial charge in [0.25, 0.3) is 0 Å². The number of benzene rings is 2. The van der Waals surface area contributed by atoms with Crippen LogP contribution in [0.15, 0.2) is 48.5 Å². The second-order valence-corrected chi connectivity index (χ2v) is 9.01. The Balaban J connectivity index is 1.33. The quantitative estimate of drug-likeness (QED) is 0.580. The van der Waals surface area contributed by atoms with Gasteiger partial charge >= 0.3 is 12.2 Å². The van der Waals surface area contributed by atoms with Gasteiger partial charge in [-0.3, -0.25) is 9.59 Å². The van der Waals surface area contributed by atoms with E-state index in [1.54, 1.807) is 4.90 Å². The average molecular weight is 504 g/mol. The summed E-state index contributed by atoms with van der Waals surface area (Å²) in [7, 11) is 0. The fourth-order valence-corrected chi connectivity index (χ4v) is 4.58. The van der Waals surface area contributed by atoms with Gasteiger partial charge < -0.3 is 25.8 Å². The summed E-state index contributed by atoms with van der Waals surface area (Å²) in [6, 6.07) is 10.4. The van der Waals surface area contributed by atoms with Gasteiger partial charge in [-0.05, 0) is 67.8 Å². The zero-order chi connectivity index (χ0) is 25.9. The van der Waals surface area contributed by atoms with E-state index in [0.29, 0.717) is 19.4 Å². The molecule has 2 atom stereocenters. The zero-order valence-electron chi connectivity index (χ0n) is 19.8. The molecule has 2 aliphatic rings. The molecule has 0 saturated carbocycles. The number of carbonyl (C=O) groups is 3. The Bertz CT molecular complexity index is 1110. The molecule has 4 rings (SSSR count). The standard InChI is InChI=1S/C25H28F3N5O3/c1-16(34)29-19-12-14-32(15-19)20-8-10-21(11-9-20)33-13-2-3-22(23(33)35)31-24(36)30-18-6-4-17(5-7-18)25(26,27)28/h4-11,19,22H,2-3,12-15H2,1H3,(H,29,34)(H2,30,31,36)/t19-,22+/m0/s1. The molecule has 2 aromatic rings. The van der Waals surface area contributed by atoms with Crippen LogP contribution in [0.1, 0.15) is 31.7 Å². The van der Waals surface area contributed by atoms with Gasteiger partial charge in [-0.25, -0.2) is 4.79 Å². The highest BCUT2D eigenvalue weighted by molar-refractivity contribution is 6.01. The Morgan fingerprint density at radius 2 is 1.58 bits per heavy atom. The van der Waals surface area contributed by atoms with Gasteiger partial charge in [0.15, 0.2) is 0 Å². The summed E-state index contributed by atoms with van der Waals surface area (Å²) in [6.07, 6.45) is -2.44. The van der Waals surface area contributed by atoms with E-state index in [-0.39, 0.29) is 23.5 Å². The largest absolute Gasteiger partial charge is 0.416 e. The molecule has 2 saturated heterocycles. The van der Waals surface area contributed by atoms with Gasteiger partial charge in [0.1, 0.15) is 6.04 Å². The number of nitrogens with zero attached hydrogens (tertiary/aromatic N) is 2. The number of halogens is 3. The first kappa shape index (κ1) is 25.3. The molecule has 0 spiro atoms. The summed E-state index contributed by atoms with van der Waals surface area (Å²) < 4.78 is 38.1. The van der Waals surface area contributed by atoms with Crippen LogP contribution in [0.4, 0.5) is 35.0 Å². The first-order chi connectivity index (χ1) is 17.1. The van der Waals surface area contributed by atoms with Crippen molar-refractivity contribution in [1.29, 1.82) is 0 Å². The molecule has 36 heavy (non-hydrogen) atoms. The number of hydrogen-bond acceptors (Lipinski definition) is 4. The first-order valence-electron chi connectivity index (χ1n) is 11.8. The van der Waals surface area contributed by atoms with Gasteiger partial charge in [0, 0.05) is 49.7 Å². The topological polar surface area (TPSA) is 93.8 Å². The smallest absolute Gasteiger partial charge is 0.369 e. The predicted molar refractivity (Wildman–Crippen MR) is 130 cm³/mol. The van der Waals surface area contributed by atoms with E-state index in [4.69, 9.17) is 0 Å². The van der Waals surface area contributed by atoms with Crippen LogP contribution in [0.3, 0.4) is 0 Å². The molecule has 2 fully saturated rings. The molecule has 2 aliphatic heterocycles. The highest BCUT2D eigenvalue weighted by Gasteiger charge is 2.32. The highest BCUT2D eigenvalue weighted by atomic mass is 19.4. The lowest BCUT2D eigenvalue weighted by molar-refractivity contribution is -0.137. The number of alkyl halides is 3. The lowest BCUT2D eigenvalue weighted by Crippen LogP contribution is -2.53. The molecule has 0 bridgehead atoms. The molecule has 8 nitrogen and oxygen atoms in total. The summed E-state index contributed by atoms with van der Waals surface area (Å²) >= 11 is 0. The van der Waals surface area contributed by atoms with Gasteiger partial charge in [-0.15, -0.1) is 0 Å². The molecular weight excluding hydrogens is 475 g/mol. The second-order valence-electron chi connectivity index (χ2n) is 9.01. The Morgan fingerprint density at radius 1 is 0.917 bits per heavy atom. The molecular formula is C25H28F3N5O3. The van der Waals surface area contributed by atoms with Crippen molar-refractivity contribution in [3.05, 3.63) is 54.1 Å². The zero-order valence-corrected chi connectivity index (χ0v) is 19.8. The number of hydrogen-bond donors (Lipinski definition) is 3. The van der Waals surface area contributed by atoms with Crippen LogP contribution in [-0.2, 0) is 15.8 Å². The van der Waals surface area contributed by atoms with Gasteiger partial charge in [-0.1, -0.05) is 0 Å². The normalized spacial score (nSPS) is 20.3. The van der Waals surface area contributed by atoms with Crippen LogP contribution in [0, 0.1) is 0 Å². The van der Waals surface area contributed by atoms with Crippen molar-refractivity contribution in [1.82, 2.24) is 10.6 Å². The van der Waals surface area contributed by atoms with E-state index in [9.17, 15) is 27.6 Å². The summed E-state index contributed by atoms with van der Waals surface area (Å²) in [5.41, 5.74) is 1.10. The lowest BCUT2D eigenvalue weighted by Gasteiger charge is -2.33. The van der Waals surface area contributed by atoms with E-state index in [0.717, 1.165) is 55.2 Å². The number of piperidine rings is 1. The Labute approximate surface area is 206 Å². The number of nitrogens with one attached hydrogen (secondary N) is 3. The first-order valence-corrected chi connectivity index (χ1v) is 11.8. The lowest BCUT2D eigenvalue weighted by atomic mass is 10.0. The van der Waals surface area contributed by atoms with Crippen LogP contribution >= 0.6 is 0 Å². The second kappa shape index (κ2) is 10.5. The average Bonchev–Trinajstić information content (AvgIpc) is 3.28. The summed E-state index contributed by atoms with van der Waals surface area (Å²) in [5, 5.41) is 8.05. The minimum Gasteiger partial charge on any atom is -0.369 e. The highest BCUT2D eigenvalue weighted by Crippen LogP contribution is 2.30. The fourth-order valence-electron chi connectivity index (χ4n) is 4.58. The minimum atomic E-state index is -4.46. The number of anilines is 3. The van der Waals surface area contributed by atoms with Crippen LogP contribution in [0.25, 0.3) is 0 Å². The Morgan fingerprint density at radius 3 is 2.22 bits per heavy atom. The molecule has 2 heterocycles. The number of carbonyl (C=O) groups excluding carboxylic acids is 3. The van der Waals surface area contributed by atoms with Crippen LogP contribution in [0.5, 0.6) is 0 Å². The minimum absolute atomic E-state index is 0.0444. The van der Waals surface area contributed by atoms with Crippen molar-refractivity contribution in [3.8, 4) is 0 Å². The van der Waals surface area contributed by atoms with Gasteiger partial charge in [0.05, 0.1) is 5.56 Å². The van der Waals surface area contributed by atoms with Crippen molar-refractivity contribution in [2.45, 2.75) is 44.4 Å². The maximum atomic E-state index is 13.1. The van der Waals surface area contributed by atoms with E-state index >= 15 is 0 Å².